The maximum absolute atomic E-state index is 12.0. The molecule has 2 nitrogen and oxygen atoms in total. The lowest BCUT2D eigenvalue weighted by Crippen LogP contribution is -2.36. The summed E-state index contributed by atoms with van der Waals surface area (Å²) >= 11 is 0. The van der Waals surface area contributed by atoms with Gasteiger partial charge in [0.2, 0.25) is 0 Å². The Morgan fingerprint density at radius 1 is 1.25 bits per heavy atom. The van der Waals surface area contributed by atoms with Crippen LogP contribution in [0.15, 0.2) is 10.5 Å². The van der Waals surface area contributed by atoms with Gasteiger partial charge in [0.1, 0.15) is 13.8 Å². The summed E-state index contributed by atoms with van der Waals surface area (Å²) in [6.07, 6.45) is 1.53. The highest BCUT2D eigenvalue weighted by molar-refractivity contribution is 6.87. The molecule has 88 valence electrons. The Labute approximate surface area is 98.0 Å². The number of Topliss-reactive ketones (excluding diaryl/α,β-unsaturated/α-hetero) is 1. The fraction of sp³-hybridized carbons (Fsp3) is 0.615. The second-order valence-corrected chi connectivity index (χ2v) is 11.6. The number of rotatable bonds is 1. The quantitative estimate of drug-likeness (QED) is 0.702. The maximum Gasteiger partial charge on any atom is 0.166 e. The molecule has 0 atom stereocenters. The average Bonchev–Trinajstić information content (AvgIpc) is 2.44. The molecule has 2 rings (SSSR count). The largest absolute Gasteiger partial charge is 0.470 e. The topological polar surface area (TPSA) is 30.2 Å². The summed E-state index contributed by atoms with van der Waals surface area (Å²) in [6, 6.07) is 2.00. The number of carbonyl (C=O) groups is 1. The second kappa shape index (κ2) is 3.33. The van der Waals surface area contributed by atoms with Gasteiger partial charge in [0.05, 0.1) is 10.9 Å². The number of ketones is 1. The third-order valence-electron chi connectivity index (χ3n) is 3.13. The lowest BCUT2D eigenvalue weighted by Gasteiger charge is -2.26. The van der Waals surface area contributed by atoms with Crippen LogP contribution in [0.5, 0.6) is 0 Å². The predicted molar refractivity (Wildman–Crippen MR) is 68.1 cm³/mol. The van der Waals surface area contributed by atoms with Crippen molar-refractivity contribution in [3.63, 3.8) is 0 Å². The van der Waals surface area contributed by atoms with E-state index < -0.39 is 8.07 Å². The lowest BCUT2D eigenvalue weighted by atomic mass is 9.77. The Morgan fingerprint density at radius 3 is 2.44 bits per heavy atom. The van der Waals surface area contributed by atoms with Gasteiger partial charge in [0.25, 0.3) is 0 Å². The molecule has 0 amide bonds. The minimum Gasteiger partial charge on any atom is -0.470 e. The van der Waals surface area contributed by atoms with E-state index in [2.05, 4.69) is 33.5 Å². The zero-order chi connectivity index (χ0) is 12.1. The van der Waals surface area contributed by atoms with Gasteiger partial charge in [-0.2, -0.15) is 0 Å². The maximum atomic E-state index is 12.0. The van der Waals surface area contributed by atoms with E-state index in [1.165, 1.54) is 0 Å². The standard InChI is InChI=1S/C13H20O2Si/c1-13(2)7-10(14)9-6-12(16(3,4)5)15-11(9)8-13/h6H,7-8H2,1-5H3. The highest BCUT2D eigenvalue weighted by Gasteiger charge is 2.35. The van der Waals surface area contributed by atoms with Gasteiger partial charge in [-0.05, 0) is 11.5 Å². The van der Waals surface area contributed by atoms with Crippen LogP contribution in [0.2, 0.25) is 19.6 Å². The van der Waals surface area contributed by atoms with Crippen molar-refractivity contribution in [3.8, 4) is 0 Å². The first-order valence-electron chi connectivity index (χ1n) is 5.85. The molecular formula is C13H20O2Si. The Balaban J connectivity index is 2.46. The van der Waals surface area contributed by atoms with E-state index in [1.54, 1.807) is 0 Å². The number of carbonyl (C=O) groups excluding carboxylic acids is 1. The Bertz CT molecular complexity index is 435. The summed E-state index contributed by atoms with van der Waals surface area (Å²) in [5.74, 6) is 1.16. The molecule has 0 spiro atoms. The summed E-state index contributed by atoms with van der Waals surface area (Å²) in [5.41, 5.74) is 0.898. The lowest BCUT2D eigenvalue weighted by molar-refractivity contribution is 0.0904. The zero-order valence-electron chi connectivity index (χ0n) is 10.8. The molecule has 0 aliphatic heterocycles. The molecule has 0 unspecified atom stereocenters. The third-order valence-corrected chi connectivity index (χ3v) is 4.85. The van der Waals surface area contributed by atoms with Gasteiger partial charge in [-0.25, -0.2) is 0 Å². The van der Waals surface area contributed by atoms with Gasteiger partial charge in [0.15, 0.2) is 5.78 Å². The molecule has 16 heavy (non-hydrogen) atoms. The normalized spacial score (nSPS) is 19.7. The fourth-order valence-corrected chi connectivity index (χ4v) is 3.20. The first-order chi connectivity index (χ1) is 7.19. The van der Waals surface area contributed by atoms with Crippen LogP contribution in [0.1, 0.15) is 36.4 Å². The van der Waals surface area contributed by atoms with Crippen molar-refractivity contribution in [3.05, 3.63) is 17.4 Å². The number of hydrogen-bond donors (Lipinski definition) is 0. The molecular weight excluding hydrogens is 216 g/mol. The van der Waals surface area contributed by atoms with Gasteiger partial charge in [-0.15, -0.1) is 0 Å². The van der Waals surface area contributed by atoms with E-state index in [-0.39, 0.29) is 11.2 Å². The van der Waals surface area contributed by atoms with E-state index in [1.807, 2.05) is 6.07 Å². The second-order valence-electron chi connectivity index (χ2n) is 6.64. The van der Waals surface area contributed by atoms with Gasteiger partial charge in [0, 0.05) is 12.8 Å². The molecule has 1 heterocycles. The molecule has 0 N–H and O–H groups in total. The molecule has 1 aromatic rings. The molecule has 1 aromatic heterocycles. The van der Waals surface area contributed by atoms with Crippen LogP contribution < -0.4 is 5.38 Å². The van der Waals surface area contributed by atoms with E-state index in [0.717, 1.165) is 23.1 Å². The van der Waals surface area contributed by atoms with Crippen LogP contribution >= 0.6 is 0 Å². The van der Waals surface area contributed by atoms with Crippen molar-refractivity contribution < 1.29 is 9.21 Å². The molecule has 0 aromatic carbocycles. The number of furan rings is 1. The zero-order valence-corrected chi connectivity index (χ0v) is 11.8. The molecule has 3 heteroatoms. The molecule has 1 aliphatic carbocycles. The number of hydrogen-bond acceptors (Lipinski definition) is 2. The van der Waals surface area contributed by atoms with Crippen LogP contribution in [0.3, 0.4) is 0 Å². The van der Waals surface area contributed by atoms with Crippen molar-refractivity contribution in [2.75, 3.05) is 0 Å². The van der Waals surface area contributed by atoms with E-state index in [0.29, 0.717) is 6.42 Å². The van der Waals surface area contributed by atoms with Crippen molar-refractivity contribution in [1.29, 1.82) is 0 Å². The van der Waals surface area contributed by atoms with Crippen molar-refractivity contribution in [2.24, 2.45) is 5.41 Å². The summed E-state index contributed by atoms with van der Waals surface area (Å²) < 4.78 is 5.92. The molecule has 0 bridgehead atoms. The molecule has 0 radical (unpaired) electrons. The van der Waals surface area contributed by atoms with Crippen molar-refractivity contribution >= 4 is 19.2 Å². The first-order valence-corrected chi connectivity index (χ1v) is 9.35. The molecule has 0 fully saturated rings. The van der Waals surface area contributed by atoms with Gasteiger partial charge < -0.3 is 4.42 Å². The van der Waals surface area contributed by atoms with Crippen LogP contribution in [-0.2, 0) is 6.42 Å². The van der Waals surface area contributed by atoms with Gasteiger partial charge in [-0.1, -0.05) is 33.5 Å². The molecule has 1 aliphatic rings. The molecule has 0 saturated heterocycles. The van der Waals surface area contributed by atoms with Crippen molar-refractivity contribution in [2.45, 2.75) is 46.3 Å². The minimum absolute atomic E-state index is 0.0542. The predicted octanol–water partition coefficient (Wildman–Crippen LogP) is 2.98. The fourth-order valence-electron chi connectivity index (χ4n) is 2.19. The van der Waals surface area contributed by atoms with E-state index in [9.17, 15) is 4.79 Å². The Morgan fingerprint density at radius 2 is 1.88 bits per heavy atom. The summed E-state index contributed by atoms with van der Waals surface area (Å²) in [6.45, 7) is 11.0. The smallest absolute Gasteiger partial charge is 0.166 e. The Kier molecular flexibility index (Phi) is 2.42. The van der Waals surface area contributed by atoms with Gasteiger partial charge in [-0.3, -0.25) is 4.79 Å². The minimum atomic E-state index is -1.44. The first kappa shape index (κ1) is 11.6. The summed E-state index contributed by atoms with van der Waals surface area (Å²) in [7, 11) is -1.44. The SMILES string of the molecule is CC1(C)CC(=O)c2cc([Si](C)(C)C)oc2C1. The Hall–Kier alpha value is -0.833. The van der Waals surface area contributed by atoms with Gasteiger partial charge >= 0.3 is 0 Å². The third kappa shape index (κ3) is 2.01. The van der Waals surface area contributed by atoms with E-state index in [4.69, 9.17) is 4.42 Å². The van der Waals surface area contributed by atoms with Crippen LogP contribution in [0.25, 0.3) is 0 Å². The highest BCUT2D eigenvalue weighted by atomic mass is 28.3. The summed E-state index contributed by atoms with van der Waals surface area (Å²) in [5, 5.41) is 1.06. The highest BCUT2D eigenvalue weighted by Crippen LogP contribution is 2.35. The average molecular weight is 236 g/mol. The number of fused-ring (bicyclic) bond motifs is 1. The molecule has 0 saturated carbocycles. The van der Waals surface area contributed by atoms with Crippen LogP contribution in [0, 0.1) is 5.41 Å². The van der Waals surface area contributed by atoms with Crippen LogP contribution in [0.4, 0.5) is 0 Å². The van der Waals surface area contributed by atoms with Crippen LogP contribution in [-0.4, -0.2) is 13.9 Å². The van der Waals surface area contributed by atoms with Crippen molar-refractivity contribution in [1.82, 2.24) is 0 Å². The van der Waals surface area contributed by atoms with E-state index >= 15 is 0 Å². The summed E-state index contributed by atoms with van der Waals surface area (Å²) in [4.78, 5) is 12.0. The monoisotopic (exact) mass is 236 g/mol.